The number of non-ortho nitro benzene ring substituents is 1. The summed E-state index contributed by atoms with van der Waals surface area (Å²) in [7, 11) is 0. The number of carboxylic acid groups (broad SMARTS) is 2. The predicted molar refractivity (Wildman–Crippen MR) is 156 cm³/mol. The summed E-state index contributed by atoms with van der Waals surface area (Å²) in [5, 5.41) is 39.0. The molecule has 2 rings (SSSR count). The second-order valence-electron chi connectivity index (χ2n) is 10.5. The molecule has 0 radical (unpaired) electrons. The van der Waals surface area contributed by atoms with Crippen molar-refractivity contribution in [2.24, 2.45) is 11.7 Å². The van der Waals surface area contributed by atoms with Crippen LogP contribution in [0.4, 0.5) is 11.4 Å². The molecule has 0 bridgehead atoms. The third-order valence-corrected chi connectivity index (χ3v) is 6.31. The number of benzene rings is 1. The molecule has 4 atom stereocenters. The van der Waals surface area contributed by atoms with Crippen molar-refractivity contribution in [2.75, 3.05) is 5.32 Å². The number of amides is 4. The highest BCUT2D eigenvalue weighted by molar-refractivity contribution is 6.00. The van der Waals surface area contributed by atoms with E-state index in [2.05, 4.69) is 31.2 Å². The Kier molecular flexibility index (Phi) is 13.6. The largest absolute Gasteiger partial charge is 0.481 e. The highest BCUT2D eigenvalue weighted by Gasteiger charge is 2.32. The quantitative estimate of drug-likeness (QED) is 0.0774. The normalized spacial score (nSPS) is 13.5. The van der Waals surface area contributed by atoms with Gasteiger partial charge in [-0.25, -0.2) is 4.98 Å². The van der Waals surface area contributed by atoms with Gasteiger partial charge in [0, 0.05) is 42.6 Å². The molecule has 0 aliphatic carbocycles. The second kappa shape index (κ2) is 17.0. The summed E-state index contributed by atoms with van der Waals surface area (Å²) >= 11 is 0. The van der Waals surface area contributed by atoms with Crippen LogP contribution in [0.1, 0.15) is 45.2 Å². The lowest BCUT2D eigenvalue weighted by atomic mass is 10.0. The molecule has 4 amide bonds. The number of hydrogen-bond acceptors (Lipinski definition) is 10. The molecular weight excluding hydrogens is 596 g/mol. The number of H-pyrrole nitrogens is 1. The third kappa shape index (κ3) is 12.4. The average Bonchev–Trinajstić information content (AvgIpc) is 3.47. The van der Waals surface area contributed by atoms with Crippen LogP contribution in [0, 0.1) is 16.0 Å². The Bertz CT molecular complexity index is 1360. The first-order chi connectivity index (χ1) is 21.2. The van der Waals surface area contributed by atoms with Gasteiger partial charge in [-0.15, -0.1) is 0 Å². The number of anilines is 1. The monoisotopic (exact) mass is 632 g/mol. The van der Waals surface area contributed by atoms with E-state index in [4.69, 9.17) is 10.8 Å². The second-order valence-corrected chi connectivity index (χ2v) is 10.5. The Balaban J connectivity index is 2.27. The minimum absolute atomic E-state index is 0.0517. The molecule has 0 aliphatic heterocycles. The topological polar surface area (TPSA) is 289 Å². The highest BCUT2D eigenvalue weighted by atomic mass is 16.6. The number of aromatic amines is 1. The fraction of sp³-hybridized carbons (Fsp3) is 0.444. The van der Waals surface area contributed by atoms with Crippen LogP contribution < -0.4 is 27.0 Å². The molecule has 1 heterocycles. The minimum atomic E-state index is -1.65. The molecule has 18 heteroatoms. The zero-order valence-corrected chi connectivity index (χ0v) is 24.5. The van der Waals surface area contributed by atoms with E-state index >= 15 is 0 Å². The first kappa shape index (κ1) is 35.8. The summed E-state index contributed by atoms with van der Waals surface area (Å²) in [6, 6.07) is -0.815. The number of aromatic nitrogens is 2. The summed E-state index contributed by atoms with van der Waals surface area (Å²) in [6.07, 6.45) is 1.04. The van der Waals surface area contributed by atoms with Crippen molar-refractivity contribution < 1.29 is 43.9 Å². The van der Waals surface area contributed by atoms with Gasteiger partial charge in [0.1, 0.15) is 18.1 Å². The van der Waals surface area contributed by atoms with Gasteiger partial charge >= 0.3 is 11.9 Å². The van der Waals surface area contributed by atoms with Gasteiger partial charge in [-0.2, -0.15) is 0 Å². The number of carboxylic acids is 2. The number of nitrogens with two attached hydrogens (primary N) is 1. The van der Waals surface area contributed by atoms with E-state index in [9.17, 15) is 44.0 Å². The average molecular weight is 633 g/mol. The first-order valence-electron chi connectivity index (χ1n) is 13.8. The van der Waals surface area contributed by atoms with Gasteiger partial charge in [-0.3, -0.25) is 38.9 Å². The number of aliphatic carboxylic acids is 2. The number of imidazole rings is 1. The summed E-state index contributed by atoms with van der Waals surface area (Å²) in [4.78, 5) is 91.9. The molecule has 244 valence electrons. The van der Waals surface area contributed by atoms with Crippen LogP contribution in [0.25, 0.3) is 0 Å². The van der Waals surface area contributed by atoms with Gasteiger partial charge in [-0.05, 0) is 30.9 Å². The number of carbonyl (C=O) groups is 6. The van der Waals surface area contributed by atoms with Crippen molar-refractivity contribution in [3.05, 3.63) is 52.6 Å². The number of carbonyl (C=O) groups excluding carboxylic acids is 4. The van der Waals surface area contributed by atoms with Crippen molar-refractivity contribution in [3.8, 4) is 0 Å². The van der Waals surface area contributed by atoms with Gasteiger partial charge in [0.2, 0.25) is 23.6 Å². The summed E-state index contributed by atoms with van der Waals surface area (Å²) in [5.74, 6) is -6.20. The Morgan fingerprint density at radius 2 is 1.51 bits per heavy atom. The summed E-state index contributed by atoms with van der Waals surface area (Å²) < 4.78 is 0. The van der Waals surface area contributed by atoms with Crippen molar-refractivity contribution in [1.82, 2.24) is 25.9 Å². The van der Waals surface area contributed by atoms with Crippen LogP contribution in [0.2, 0.25) is 0 Å². The number of nitro groups is 1. The minimum Gasteiger partial charge on any atom is -0.481 e. The lowest BCUT2D eigenvalue weighted by Gasteiger charge is -2.25. The number of hydrogen-bond donors (Lipinski definition) is 8. The first-order valence-corrected chi connectivity index (χ1v) is 13.8. The Morgan fingerprint density at radius 1 is 0.911 bits per heavy atom. The van der Waals surface area contributed by atoms with Crippen LogP contribution in [-0.2, 0) is 35.2 Å². The summed E-state index contributed by atoms with van der Waals surface area (Å²) in [5.41, 5.74) is 6.12. The molecule has 1 aromatic carbocycles. The number of nitrogens with one attached hydrogen (secondary N) is 5. The van der Waals surface area contributed by atoms with Crippen molar-refractivity contribution in [2.45, 2.75) is 70.1 Å². The molecular formula is C27H36N8O10. The lowest BCUT2D eigenvalue weighted by Crippen LogP contribution is -2.58. The molecule has 0 unspecified atom stereocenters. The van der Waals surface area contributed by atoms with Crippen molar-refractivity contribution in [3.63, 3.8) is 0 Å². The van der Waals surface area contributed by atoms with E-state index in [1.807, 2.05) is 13.8 Å². The van der Waals surface area contributed by atoms with E-state index in [0.717, 1.165) is 12.1 Å². The van der Waals surface area contributed by atoms with Crippen LogP contribution in [0.15, 0.2) is 36.8 Å². The van der Waals surface area contributed by atoms with E-state index in [-0.39, 0.29) is 36.6 Å². The molecule has 18 nitrogen and oxygen atoms in total. The molecule has 0 fully saturated rings. The van der Waals surface area contributed by atoms with Crippen LogP contribution in [0.3, 0.4) is 0 Å². The van der Waals surface area contributed by atoms with Gasteiger partial charge in [-0.1, -0.05) is 13.8 Å². The number of rotatable bonds is 18. The predicted octanol–water partition coefficient (Wildman–Crippen LogP) is -0.334. The smallest absolute Gasteiger partial charge is 0.305 e. The van der Waals surface area contributed by atoms with E-state index < -0.39 is 77.5 Å². The Morgan fingerprint density at radius 3 is 2.04 bits per heavy atom. The fourth-order valence-electron chi connectivity index (χ4n) is 4.08. The summed E-state index contributed by atoms with van der Waals surface area (Å²) in [6.45, 7) is 3.68. The standard InChI is InChI=1S/C27H36N8O10/c1-14(2)9-18(28)24(40)32-19(7-8-22(36)37)25(41)33-20(10-16-12-29-13-30-16)27(43)34-21(11-23(38)39)26(42)31-15-3-5-17(6-4-15)35(44)45/h3-6,12-14,18-21H,7-11,28H2,1-2H3,(H,29,30)(H,31,42)(H,32,40)(H,33,41)(H,34,43)(H,36,37)(H,38,39)/t18-,19-,20-,21-/m0/s1. The maximum atomic E-state index is 13.4. The zero-order valence-electron chi connectivity index (χ0n) is 24.5. The van der Waals surface area contributed by atoms with Gasteiger partial charge in [0.15, 0.2) is 0 Å². The molecule has 9 N–H and O–H groups in total. The van der Waals surface area contributed by atoms with E-state index in [0.29, 0.717) is 5.69 Å². The van der Waals surface area contributed by atoms with Crippen LogP contribution >= 0.6 is 0 Å². The number of nitrogens with zero attached hydrogens (tertiary/aromatic N) is 2. The van der Waals surface area contributed by atoms with Gasteiger partial charge in [0.25, 0.3) is 5.69 Å². The zero-order chi connectivity index (χ0) is 33.7. The van der Waals surface area contributed by atoms with Crippen molar-refractivity contribution in [1.29, 1.82) is 0 Å². The molecule has 0 spiro atoms. The molecule has 0 saturated carbocycles. The number of nitro benzene ring substituents is 1. The maximum absolute atomic E-state index is 13.4. The molecule has 45 heavy (non-hydrogen) atoms. The maximum Gasteiger partial charge on any atom is 0.305 e. The van der Waals surface area contributed by atoms with Crippen LogP contribution in [-0.4, -0.2) is 84.8 Å². The van der Waals surface area contributed by atoms with E-state index in [1.165, 1.54) is 24.7 Å². The van der Waals surface area contributed by atoms with E-state index in [1.54, 1.807) is 0 Å². The van der Waals surface area contributed by atoms with Crippen molar-refractivity contribution >= 4 is 46.9 Å². The highest BCUT2D eigenvalue weighted by Crippen LogP contribution is 2.16. The SMILES string of the molecule is CC(C)C[C@H](N)C(=O)N[C@@H](CCC(=O)O)C(=O)N[C@@H](Cc1cnc[nH]1)C(=O)N[C@@H](CC(=O)O)C(=O)Nc1ccc([N+](=O)[O-])cc1. The fourth-order valence-corrected chi connectivity index (χ4v) is 4.08. The van der Waals surface area contributed by atoms with Crippen LogP contribution in [0.5, 0.6) is 0 Å². The Hall–Kier alpha value is -5.39. The van der Waals surface area contributed by atoms with Gasteiger partial charge < -0.3 is 42.2 Å². The Labute approximate surface area is 256 Å². The molecule has 2 aromatic rings. The molecule has 0 aliphatic rings. The molecule has 1 aromatic heterocycles. The third-order valence-electron chi connectivity index (χ3n) is 6.31. The van der Waals surface area contributed by atoms with Gasteiger partial charge in [0.05, 0.1) is 23.7 Å². The lowest BCUT2D eigenvalue weighted by molar-refractivity contribution is -0.384. The molecule has 0 saturated heterocycles.